The number of nitrogens with one attached hydrogen (secondary N) is 1. The van der Waals surface area contributed by atoms with Crippen molar-refractivity contribution in [2.45, 2.75) is 45.6 Å². The van der Waals surface area contributed by atoms with Crippen molar-refractivity contribution in [3.8, 4) is 11.5 Å². The summed E-state index contributed by atoms with van der Waals surface area (Å²) in [4.78, 5) is 24.9. The van der Waals surface area contributed by atoms with Gasteiger partial charge in [0, 0.05) is 42.6 Å². The van der Waals surface area contributed by atoms with E-state index >= 15 is 0 Å². The number of aromatic nitrogens is 2. The number of hydrogen-bond acceptors (Lipinski definition) is 4. The summed E-state index contributed by atoms with van der Waals surface area (Å²) < 4.78 is 11.5. The molecule has 7 heteroatoms. The van der Waals surface area contributed by atoms with Crippen LogP contribution in [-0.2, 0) is 0 Å². The molecule has 4 rings (SSSR count). The maximum atomic E-state index is 13.5. The molecule has 0 saturated carbocycles. The fourth-order valence-corrected chi connectivity index (χ4v) is 4.34. The zero-order valence-corrected chi connectivity index (χ0v) is 19.1. The minimum Gasteiger partial charge on any atom is -0.493 e. The fraction of sp³-hybridized carbons (Fsp3) is 0.440. The molecule has 2 aromatic heterocycles. The van der Waals surface area contributed by atoms with Crippen LogP contribution in [0.1, 0.15) is 51.1 Å². The Hall–Kier alpha value is -3.22. The van der Waals surface area contributed by atoms with Crippen LogP contribution in [0.4, 0.5) is 10.5 Å². The Bertz CT molecular complexity index is 1060. The van der Waals surface area contributed by atoms with E-state index < -0.39 is 0 Å². The molecular formula is C25H32N4O3. The number of anilines is 1. The average molecular weight is 437 g/mol. The first-order chi connectivity index (χ1) is 15.6. The first-order valence-electron chi connectivity index (χ1n) is 11.4. The van der Waals surface area contributed by atoms with Crippen molar-refractivity contribution in [2.75, 3.05) is 31.7 Å². The zero-order valence-electron chi connectivity index (χ0n) is 19.1. The molecule has 0 spiro atoms. The van der Waals surface area contributed by atoms with Crippen LogP contribution in [0.5, 0.6) is 11.5 Å². The van der Waals surface area contributed by atoms with E-state index in [1.807, 2.05) is 46.3 Å². The Balaban J connectivity index is 1.55. The highest BCUT2D eigenvalue weighted by Gasteiger charge is 2.32. The number of aromatic amines is 1. The Labute approximate surface area is 189 Å². The number of ether oxygens (including phenoxy) is 2. The molecule has 1 fully saturated rings. The maximum absolute atomic E-state index is 13.5. The highest BCUT2D eigenvalue weighted by atomic mass is 16.5. The van der Waals surface area contributed by atoms with Crippen molar-refractivity contribution in [2.24, 2.45) is 0 Å². The minimum atomic E-state index is -0.0605. The van der Waals surface area contributed by atoms with Gasteiger partial charge in [-0.2, -0.15) is 0 Å². The van der Waals surface area contributed by atoms with Gasteiger partial charge in [-0.05, 0) is 49.6 Å². The van der Waals surface area contributed by atoms with Crippen molar-refractivity contribution >= 4 is 22.8 Å². The lowest BCUT2D eigenvalue weighted by atomic mass is 10.0. The van der Waals surface area contributed by atoms with Crippen molar-refractivity contribution in [3.63, 3.8) is 0 Å². The number of amides is 2. The molecule has 3 aromatic rings. The molecule has 1 N–H and O–H groups in total. The molecule has 7 nitrogen and oxygen atoms in total. The summed E-state index contributed by atoms with van der Waals surface area (Å²) in [6, 6.07) is 9.70. The Morgan fingerprint density at radius 2 is 2.03 bits per heavy atom. The van der Waals surface area contributed by atoms with Gasteiger partial charge in [0.2, 0.25) is 0 Å². The normalized spacial score (nSPS) is 15.3. The van der Waals surface area contributed by atoms with Crippen molar-refractivity contribution in [1.82, 2.24) is 14.9 Å². The summed E-state index contributed by atoms with van der Waals surface area (Å²) in [5.41, 5.74) is 2.77. The number of benzene rings is 1. The summed E-state index contributed by atoms with van der Waals surface area (Å²) in [6.45, 7) is 6.29. The molecular weight excluding hydrogens is 404 g/mol. The zero-order chi connectivity index (χ0) is 22.5. The molecule has 0 radical (unpaired) electrons. The lowest BCUT2D eigenvalue weighted by molar-refractivity contribution is 0.176. The number of methoxy groups -OCH3 is 1. The quantitative estimate of drug-likeness (QED) is 0.448. The lowest BCUT2D eigenvalue weighted by Gasteiger charge is -2.39. The van der Waals surface area contributed by atoms with Crippen molar-refractivity contribution in [3.05, 3.63) is 48.3 Å². The first kappa shape index (κ1) is 22.0. The predicted octanol–water partition coefficient (Wildman–Crippen LogP) is 5.53. The van der Waals surface area contributed by atoms with E-state index in [-0.39, 0.29) is 12.1 Å². The van der Waals surface area contributed by atoms with Gasteiger partial charge in [-0.15, -0.1) is 0 Å². The highest BCUT2D eigenvalue weighted by Crippen LogP contribution is 2.35. The number of nitrogens with zero attached hydrogens (tertiary/aromatic N) is 3. The van der Waals surface area contributed by atoms with Gasteiger partial charge < -0.3 is 19.4 Å². The maximum Gasteiger partial charge on any atom is 0.324 e. The van der Waals surface area contributed by atoms with E-state index in [2.05, 4.69) is 23.8 Å². The third kappa shape index (κ3) is 4.38. The summed E-state index contributed by atoms with van der Waals surface area (Å²) >= 11 is 0. The lowest BCUT2D eigenvalue weighted by Crippen LogP contribution is -2.50. The topological polar surface area (TPSA) is 70.7 Å². The second-order valence-electron chi connectivity index (χ2n) is 8.19. The minimum absolute atomic E-state index is 0.00588. The number of carbonyl (C=O) groups excluding carboxylic acids is 1. The second kappa shape index (κ2) is 9.94. The monoisotopic (exact) mass is 436 g/mol. The van der Waals surface area contributed by atoms with Gasteiger partial charge in [0.15, 0.2) is 11.5 Å². The van der Waals surface area contributed by atoms with Crippen LogP contribution in [0.15, 0.2) is 42.7 Å². The van der Waals surface area contributed by atoms with Crippen LogP contribution < -0.4 is 14.4 Å². The largest absolute Gasteiger partial charge is 0.493 e. The molecule has 1 aromatic carbocycles. The highest BCUT2D eigenvalue weighted by molar-refractivity contribution is 5.94. The standard InChI is InChI=1S/C25H32N4O3/c1-4-5-6-16-32-23-17-19(8-9-22(23)31-3)29-15-7-14-28(25(29)30)18(2)20-10-12-26-24-21(20)11-13-27-24/h8-13,17-18H,4-7,14-16H2,1-3H3,(H,26,27). The Morgan fingerprint density at radius 1 is 1.16 bits per heavy atom. The van der Waals surface area contributed by atoms with Gasteiger partial charge in [0.05, 0.1) is 19.8 Å². The number of unbranched alkanes of at least 4 members (excludes halogenated alkanes) is 2. The molecule has 1 unspecified atom stereocenters. The number of urea groups is 1. The van der Waals surface area contributed by atoms with E-state index in [9.17, 15) is 4.79 Å². The van der Waals surface area contributed by atoms with Crippen LogP contribution in [0.3, 0.4) is 0 Å². The Kier molecular flexibility index (Phi) is 6.83. The van der Waals surface area contributed by atoms with Crippen molar-refractivity contribution in [1.29, 1.82) is 0 Å². The number of pyridine rings is 1. The molecule has 170 valence electrons. The number of fused-ring (bicyclic) bond motifs is 1. The van der Waals surface area contributed by atoms with Gasteiger partial charge in [0.1, 0.15) is 5.65 Å². The molecule has 1 aliphatic heterocycles. The van der Waals surface area contributed by atoms with Gasteiger partial charge in [-0.25, -0.2) is 9.78 Å². The average Bonchev–Trinajstić information content (AvgIpc) is 3.30. The van der Waals surface area contributed by atoms with Crippen LogP contribution in [0, 0.1) is 0 Å². The third-order valence-electron chi connectivity index (χ3n) is 6.13. The molecule has 1 atom stereocenters. The second-order valence-corrected chi connectivity index (χ2v) is 8.19. The summed E-state index contributed by atoms with van der Waals surface area (Å²) in [7, 11) is 1.64. The van der Waals surface area contributed by atoms with Gasteiger partial charge >= 0.3 is 6.03 Å². The summed E-state index contributed by atoms with van der Waals surface area (Å²) in [6.07, 6.45) is 7.85. The van der Waals surface area contributed by atoms with Crippen LogP contribution in [0.25, 0.3) is 11.0 Å². The molecule has 3 heterocycles. The molecule has 0 aliphatic carbocycles. The SMILES string of the molecule is CCCCCOc1cc(N2CCCN(C(C)c3ccnc4[nH]ccc34)C2=O)ccc1OC. The Morgan fingerprint density at radius 3 is 2.84 bits per heavy atom. The molecule has 1 saturated heterocycles. The first-order valence-corrected chi connectivity index (χ1v) is 11.4. The third-order valence-corrected chi connectivity index (χ3v) is 6.13. The van der Waals surface area contributed by atoms with E-state index in [1.54, 1.807) is 13.3 Å². The molecule has 0 bridgehead atoms. The van der Waals surface area contributed by atoms with Crippen LogP contribution in [-0.4, -0.2) is 47.7 Å². The number of rotatable bonds is 9. The van der Waals surface area contributed by atoms with Crippen LogP contribution in [0.2, 0.25) is 0 Å². The smallest absolute Gasteiger partial charge is 0.324 e. The van der Waals surface area contributed by atoms with Gasteiger partial charge in [-0.3, -0.25) is 4.90 Å². The van der Waals surface area contributed by atoms with E-state index in [0.717, 1.165) is 54.5 Å². The fourth-order valence-electron chi connectivity index (χ4n) is 4.34. The summed E-state index contributed by atoms with van der Waals surface area (Å²) in [5, 5.41) is 1.05. The van der Waals surface area contributed by atoms with Gasteiger partial charge in [0.25, 0.3) is 0 Å². The van der Waals surface area contributed by atoms with Gasteiger partial charge in [-0.1, -0.05) is 19.8 Å². The predicted molar refractivity (Wildman–Crippen MR) is 127 cm³/mol. The number of carbonyl (C=O) groups is 1. The van der Waals surface area contributed by atoms with E-state index in [4.69, 9.17) is 9.47 Å². The van der Waals surface area contributed by atoms with E-state index in [1.165, 1.54) is 0 Å². The molecule has 1 aliphatic rings. The summed E-state index contributed by atoms with van der Waals surface area (Å²) in [5.74, 6) is 1.37. The molecule has 32 heavy (non-hydrogen) atoms. The van der Waals surface area contributed by atoms with E-state index in [0.29, 0.717) is 24.7 Å². The number of H-pyrrole nitrogens is 1. The van der Waals surface area contributed by atoms with Crippen molar-refractivity contribution < 1.29 is 14.3 Å². The van der Waals surface area contributed by atoms with Crippen LogP contribution >= 0.6 is 0 Å². The number of hydrogen-bond donors (Lipinski definition) is 1. The molecule has 2 amide bonds.